The van der Waals surface area contributed by atoms with E-state index in [1.54, 1.807) is 18.2 Å². The van der Waals surface area contributed by atoms with Gasteiger partial charge in [-0.15, -0.1) is 0 Å². The van der Waals surface area contributed by atoms with Gasteiger partial charge in [0.05, 0.1) is 16.3 Å². The second-order valence-electron chi connectivity index (χ2n) is 5.30. The monoisotopic (exact) mass is 280 g/mol. The van der Waals surface area contributed by atoms with Crippen LogP contribution in [0.1, 0.15) is 49.4 Å². The second kappa shape index (κ2) is 6.29. The van der Waals surface area contributed by atoms with Crippen LogP contribution in [0.2, 0.25) is 5.02 Å². The molecule has 0 radical (unpaired) electrons. The van der Waals surface area contributed by atoms with E-state index in [0.717, 1.165) is 18.8 Å². The summed E-state index contributed by atoms with van der Waals surface area (Å²) in [6.07, 6.45) is 5.76. The molecule has 0 aromatic heterocycles. The zero-order valence-electron chi connectivity index (χ0n) is 11.3. The van der Waals surface area contributed by atoms with Gasteiger partial charge in [-0.2, -0.15) is 0 Å². The van der Waals surface area contributed by atoms with Gasteiger partial charge in [-0.3, -0.25) is 4.79 Å². The Balaban J connectivity index is 1.96. The highest BCUT2D eigenvalue weighted by Crippen LogP contribution is 2.27. The summed E-state index contributed by atoms with van der Waals surface area (Å²) in [5.41, 5.74) is 6.68. The van der Waals surface area contributed by atoms with Gasteiger partial charge in [0.25, 0.3) is 5.91 Å². The molecule has 1 aromatic carbocycles. The molecular weight excluding hydrogens is 260 g/mol. The Morgan fingerprint density at radius 2 is 2.05 bits per heavy atom. The van der Waals surface area contributed by atoms with Crippen molar-refractivity contribution in [1.29, 1.82) is 0 Å². The van der Waals surface area contributed by atoms with Crippen molar-refractivity contribution in [2.75, 3.05) is 5.73 Å². The molecule has 4 heteroatoms. The lowest BCUT2D eigenvalue weighted by atomic mass is 9.84. The predicted molar refractivity (Wildman–Crippen MR) is 79.4 cm³/mol. The van der Waals surface area contributed by atoms with Gasteiger partial charge < -0.3 is 11.1 Å². The van der Waals surface area contributed by atoms with Crippen LogP contribution < -0.4 is 11.1 Å². The molecule has 0 spiro atoms. The summed E-state index contributed by atoms with van der Waals surface area (Å²) in [5.74, 6) is 0.712. The molecular formula is C15H21ClN2O. The number of carbonyl (C=O) groups excluding carboxylic acids is 1. The van der Waals surface area contributed by atoms with Crippen LogP contribution in [0.4, 0.5) is 5.69 Å². The number of nitrogens with two attached hydrogens (primary N) is 1. The first kappa shape index (κ1) is 14.2. The lowest BCUT2D eigenvalue weighted by Gasteiger charge is -2.28. The first-order valence-corrected chi connectivity index (χ1v) is 7.34. The minimum Gasteiger partial charge on any atom is -0.397 e. The van der Waals surface area contributed by atoms with Gasteiger partial charge in [0.15, 0.2) is 0 Å². The topological polar surface area (TPSA) is 55.1 Å². The molecule has 1 aliphatic rings. The smallest absolute Gasteiger partial charge is 0.253 e. The lowest BCUT2D eigenvalue weighted by Crippen LogP contribution is -2.37. The molecule has 0 bridgehead atoms. The van der Waals surface area contributed by atoms with E-state index < -0.39 is 0 Å². The standard InChI is InChI=1S/C15H21ClN2O/c1-2-10-6-8-11(9-7-10)18-15(19)12-4-3-5-13(16)14(12)17/h3-5,10-11H,2,6-9,17H2,1H3,(H,18,19). The van der Waals surface area contributed by atoms with Crippen LogP contribution in [0.25, 0.3) is 0 Å². The van der Waals surface area contributed by atoms with E-state index in [4.69, 9.17) is 17.3 Å². The summed E-state index contributed by atoms with van der Waals surface area (Å²) in [6, 6.07) is 5.43. The summed E-state index contributed by atoms with van der Waals surface area (Å²) in [6.45, 7) is 2.23. The summed E-state index contributed by atoms with van der Waals surface area (Å²) in [4.78, 5) is 12.2. The Morgan fingerprint density at radius 1 is 1.37 bits per heavy atom. The fraction of sp³-hybridized carbons (Fsp3) is 0.533. The van der Waals surface area contributed by atoms with Crippen molar-refractivity contribution in [3.63, 3.8) is 0 Å². The molecule has 1 aliphatic carbocycles. The molecule has 1 aromatic rings. The molecule has 2 rings (SSSR count). The Labute approximate surface area is 119 Å². The number of carbonyl (C=O) groups is 1. The van der Waals surface area contributed by atoms with E-state index in [1.165, 1.54) is 19.3 Å². The largest absolute Gasteiger partial charge is 0.397 e. The van der Waals surface area contributed by atoms with Gasteiger partial charge in [0.1, 0.15) is 0 Å². The van der Waals surface area contributed by atoms with Gasteiger partial charge in [-0.05, 0) is 43.7 Å². The van der Waals surface area contributed by atoms with Crippen LogP contribution in [0, 0.1) is 5.92 Å². The molecule has 1 fully saturated rings. The van der Waals surface area contributed by atoms with Gasteiger partial charge in [0, 0.05) is 6.04 Å². The van der Waals surface area contributed by atoms with Crippen molar-refractivity contribution in [2.45, 2.75) is 45.1 Å². The van der Waals surface area contributed by atoms with E-state index >= 15 is 0 Å². The van der Waals surface area contributed by atoms with E-state index in [0.29, 0.717) is 16.3 Å². The van der Waals surface area contributed by atoms with Gasteiger partial charge in [0.2, 0.25) is 0 Å². The minimum atomic E-state index is -0.111. The molecule has 0 saturated heterocycles. The number of anilines is 1. The van der Waals surface area contributed by atoms with E-state index in [9.17, 15) is 4.79 Å². The van der Waals surface area contributed by atoms with Gasteiger partial charge in [-0.25, -0.2) is 0 Å². The summed E-state index contributed by atoms with van der Waals surface area (Å²) in [5, 5.41) is 3.50. The molecule has 0 heterocycles. The maximum Gasteiger partial charge on any atom is 0.253 e. The maximum absolute atomic E-state index is 12.2. The van der Waals surface area contributed by atoms with Gasteiger partial charge >= 0.3 is 0 Å². The summed E-state index contributed by atoms with van der Waals surface area (Å²) < 4.78 is 0. The number of benzene rings is 1. The quantitative estimate of drug-likeness (QED) is 0.831. The van der Waals surface area contributed by atoms with Crippen LogP contribution in [0.5, 0.6) is 0 Å². The molecule has 0 unspecified atom stereocenters. The molecule has 3 nitrogen and oxygen atoms in total. The summed E-state index contributed by atoms with van der Waals surface area (Å²) >= 11 is 5.93. The van der Waals surface area contributed by atoms with Crippen LogP contribution in [0.3, 0.4) is 0 Å². The molecule has 1 amide bonds. The Bertz CT molecular complexity index is 453. The third-order valence-electron chi connectivity index (χ3n) is 4.06. The third kappa shape index (κ3) is 3.41. The fourth-order valence-corrected chi connectivity index (χ4v) is 2.89. The number of amides is 1. The Kier molecular flexibility index (Phi) is 4.70. The average molecular weight is 281 g/mol. The van der Waals surface area contributed by atoms with Gasteiger partial charge in [-0.1, -0.05) is 31.0 Å². The minimum absolute atomic E-state index is 0.111. The number of rotatable bonds is 3. The number of para-hydroxylation sites is 1. The highest BCUT2D eigenvalue weighted by molar-refractivity contribution is 6.33. The third-order valence-corrected chi connectivity index (χ3v) is 4.39. The highest BCUT2D eigenvalue weighted by Gasteiger charge is 2.22. The van der Waals surface area contributed by atoms with Crippen molar-refractivity contribution in [2.24, 2.45) is 5.92 Å². The van der Waals surface area contributed by atoms with Crippen LogP contribution >= 0.6 is 11.6 Å². The number of hydrogen-bond donors (Lipinski definition) is 2. The van der Waals surface area contributed by atoms with Crippen LogP contribution in [0.15, 0.2) is 18.2 Å². The highest BCUT2D eigenvalue weighted by atomic mass is 35.5. The first-order valence-electron chi connectivity index (χ1n) is 6.96. The molecule has 104 valence electrons. The van der Waals surface area contributed by atoms with Crippen molar-refractivity contribution in [1.82, 2.24) is 5.32 Å². The predicted octanol–water partition coefficient (Wildman–Crippen LogP) is 3.62. The lowest BCUT2D eigenvalue weighted by molar-refractivity contribution is 0.0922. The van der Waals surface area contributed by atoms with Crippen molar-refractivity contribution >= 4 is 23.2 Å². The fourth-order valence-electron chi connectivity index (χ4n) is 2.71. The first-order chi connectivity index (χ1) is 9.11. The van der Waals surface area contributed by atoms with Crippen LogP contribution in [-0.4, -0.2) is 11.9 Å². The van der Waals surface area contributed by atoms with Crippen molar-refractivity contribution < 1.29 is 4.79 Å². The zero-order chi connectivity index (χ0) is 13.8. The number of nitrogens with one attached hydrogen (secondary N) is 1. The molecule has 19 heavy (non-hydrogen) atoms. The SMILES string of the molecule is CCC1CCC(NC(=O)c2cccc(Cl)c2N)CC1. The molecule has 0 aliphatic heterocycles. The number of nitrogen functional groups attached to an aromatic ring is 1. The molecule has 3 N–H and O–H groups in total. The Hall–Kier alpha value is -1.22. The number of hydrogen-bond acceptors (Lipinski definition) is 2. The normalized spacial score (nSPS) is 23.1. The molecule has 1 saturated carbocycles. The van der Waals surface area contributed by atoms with E-state index in [-0.39, 0.29) is 11.9 Å². The van der Waals surface area contributed by atoms with Crippen molar-refractivity contribution in [3.05, 3.63) is 28.8 Å². The van der Waals surface area contributed by atoms with Crippen molar-refractivity contribution in [3.8, 4) is 0 Å². The van der Waals surface area contributed by atoms with E-state index in [1.807, 2.05) is 0 Å². The number of halogens is 1. The van der Waals surface area contributed by atoms with Crippen LogP contribution in [-0.2, 0) is 0 Å². The average Bonchev–Trinajstić information content (AvgIpc) is 2.42. The Morgan fingerprint density at radius 3 is 2.68 bits per heavy atom. The second-order valence-corrected chi connectivity index (χ2v) is 5.71. The maximum atomic E-state index is 12.2. The zero-order valence-corrected chi connectivity index (χ0v) is 12.0. The summed E-state index contributed by atoms with van der Waals surface area (Å²) in [7, 11) is 0. The molecule has 0 atom stereocenters. The van der Waals surface area contributed by atoms with E-state index in [2.05, 4.69) is 12.2 Å².